The number of aliphatic hydroxyl groups is 1. The first-order valence-electron chi connectivity index (χ1n) is 11.1. The van der Waals surface area contributed by atoms with Crippen molar-refractivity contribution < 1.29 is 24.1 Å². The Bertz CT molecular complexity index is 1180. The molecule has 0 saturated heterocycles. The molecular formula is C24H34N5O4+. The van der Waals surface area contributed by atoms with Crippen molar-refractivity contribution in [3.8, 4) is 11.6 Å². The number of hydrogen-bond donors (Lipinski definition) is 2. The van der Waals surface area contributed by atoms with E-state index in [1.165, 1.54) is 9.20 Å². The van der Waals surface area contributed by atoms with Crippen molar-refractivity contribution in [3.63, 3.8) is 0 Å². The van der Waals surface area contributed by atoms with Crippen LogP contribution in [0.15, 0.2) is 18.2 Å². The van der Waals surface area contributed by atoms with Gasteiger partial charge in [0.1, 0.15) is 12.4 Å². The summed E-state index contributed by atoms with van der Waals surface area (Å²) in [6, 6.07) is 5.44. The van der Waals surface area contributed by atoms with E-state index >= 15 is 0 Å². The van der Waals surface area contributed by atoms with E-state index in [1.54, 1.807) is 6.07 Å². The summed E-state index contributed by atoms with van der Waals surface area (Å²) in [7, 11) is 0. The third kappa shape index (κ3) is 5.24. The van der Waals surface area contributed by atoms with Crippen LogP contribution in [0.25, 0.3) is 5.65 Å². The highest BCUT2D eigenvalue weighted by molar-refractivity contribution is 5.95. The van der Waals surface area contributed by atoms with Crippen molar-refractivity contribution in [2.75, 3.05) is 18.9 Å². The molecule has 1 aromatic carbocycles. The molecule has 2 heterocycles. The Balaban J connectivity index is 1.99. The Hall–Kier alpha value is -3.20. The van der Waals surface area contributed by atoms with Crippen molar-refractivity contribution in [3.05, 3.63) is 40.5 Å². The van der Waals surface area contributed by atoms with Crippen LogP contribution in [0.1, 0.15) is 61.7 Å². The molecule has 3 rings (SSSR count). The number of rotatable bonds is 8. The summed E-state index contributed by atoms with van der Waals surface area (Å²) in [5.74, 6) is 1.10. The molecule has 0 saturated carbocycles. The van der Waals surface area contributed by atoms with Gasteiger partial charge in [-0.1, -0.05) is 35.5 Å². The maximum Gasteiger partial charge on any atom is 0.401 e. The van der Waals surface area contributed by atoms with Crippen LogP contribution in [0.2, 0.25) is 0 Å². The van der Waals surface area contributed by atoms with Crippen LogP contribution in [0.3, 0.4) is 0 Å². The van der Waals surface area contributed by atoms with Crippen LogP contribution in [0, 0.1) is 13.8 Å². The standard InChI is InChI=1S/C24H33N5O4/c1-14(2)33-22-16(4)15(3)21-26-28(23(25)29(21)27-22)13-20(31)17-10-18(24(5,6)7)12-19(11-17)32-9-8-30/h10-12,14,25,30H,8-9,13H2,1-7H3/p+1. The van der Waals surface area contributed by atoms with E-state index in [-0.39, 0.29) is 43.0 Å². The molecule has 9 heteroatoms. The van der Waals surface area contributed by atoms with E-state index in [1.807, 2.05) is 39.8 Å². The van der Waals surface area contributed by atoms with Gasteiger partial charge in [-0.05, 0) is 56.9 Å². The second kappa shape index (κ2) is 9.35. The molecule has 0 aliphatic heterocycles. The quantitative estimate of drug-likeness (QED) is 0.395. The van der Waals surface area contributed by atoms with Gasteiger partial charge in [-0.25, -0.2) is 0 Å². The molecule has 178 valence electrons. The molecule has 0 amide bonds. The van der Waals surface area contributed by atoms with E-state index in [9.17, 15) is 4.79 Å². The molecule has 0 bridgehead atoms. The van der Waals surface area contributed by atoms with Crippen LogP contribution in [0.4, 0.5) is 5.95 Å². The number of carbonyl (C=O) groups excluding carboxylic acids is 1. The summed E-state index contributed by atoms with van der Waals surface area (Å²) in [5.41, 5.74) is 9.91. The fourth-order valence-electron chi connectivity index (χ4n) is 3.37. The van der Waals surface area contributed by atoms with Gasteiger partial charge in [-0.15, -0.1) is 4.68 Å². The summed E-state index contributed by atoms with van der Waals surface area (Å²) < 4.78 is 14.4. The maximum absolute atomic E-state index is 13.2. The van der Waals surface area contributed by atoms with Gasteiger partial charge in [0.05, 0.1) is 12.7 Å². The lowest BCUT2D eigenvalue weighted by molar-refractivity contribution is -0.723. The molecule has 33 heavy (non-hydrogen) atoms. The number of nitrogens with two attached hydrogens (primary N) is 1. The smallest absolute Gasteiger partial charge is 0.401 e. The Labute approximate surface area is 194 Å². The Morgan fingerprint density at radius 1 is 1.21 bits per heavy atom. The highest BCUT2D eigenvalue weighted by atomic mass is 16.5. The van der Waals surface area contributed by atoms with E-state index in [2.05, 4.69) is 31.0 Å². The topological polar surface area (TPSA) is 116 Å². The van der Waals surface area contributed by atoms with Gasteiger partial charge in [0.25, 0.3) is 11.5 Å². The number of benzene rings is 1. The lowest BCUT2D eigenvalue weighted by atomic mass is 9.85. The molecular weight excluding hydrogens is 422 g/mol. The van der Waals surface area contributed by atoms with Crippen molar-refractivity contribution in [2.24, 2.45) is 0 Å². The first-order valence-corrected chi connectivity index (χ1v) is 11.1. The third-order valence-corrected chi connectivity index (χ3v) is 5.40. The zero-order chi connectivity index (χ0) is 24.5. The van der Waals surface area contributed by atoms with E-state index < -0.39 is 0 Å². The van der Waals surface area contributed by atoms with Gasteiger partial charge in [0.15, 0.2) is 12.3 Å². The lowest BCUT2D eigenvalue weighted by Gasteiger charge is -2.21. The van der Waals surface area contributed by atoms with Gasteiger partial charge in [0.2, 0.25) is 0 Å². The number of Topliss-reactive ketones (excluding diaryl/α,β-unsaturated/α-hetero) is 1. The monoisotopic (exact) mass is 456 g/mol. The second-order valence-corrected chi connectivity index (χ2v) is 9.46. The third-order valence-electron chi connectivity index (χ3n) is 5.40. The van der Waals surface area contributed by atoms with Gasteiger partial charge in [-0.2, -0.15) is 0 Å². The van der Waals surface area contributed by atoms with Gasteiger partial charge < -0.3 is 14.6 Å². The summed E-state index contributed by atoms with van der Waals surface area (Å²) in [4.78, 5) is 13.2. The van der Waals surface area contributed by atoms with Gasteiger partial charge in [0, 0.05) is 16.7 Å². The number of anilines is 1. The van der Waals surface area contributed by atoms with Crippen LogP contribution < -0.4 is 19.9 Å². The summed E-state index contributed by atoms with van der Waals surface area (Å²) in [5, 5.41) is 18.2. The minimum atomic E-state index is -0.186. The predicted molar refractivity (Wildman–Crippen MR) is 125 cm³/mol. The minimum Gasteiger partial charge on any atom is -0.491 e. The highest BCUT2D eigenvalue weighted by Gasteiger charge is 2.26. The number of fused-ring (bicyclic) bond motifs is 1. The number of hydrogen-bond acceptors (Lipinski definition) is 7. The maximum atomic E-state index is 13.2. The van der Waals surface area contributed by atoms with E-state index in [4.69, 9.17) is 20.3 Å². The molecule has 0 aliphatic rings. The molecule has 0 aliphatic carbocycles. The van der Waals surface area contributed by atoms with Crippen LogP contribution in [0.5, 0.6) is 11.6 Å². The normalized spacial score (nSPS) is 11.9. The molecule has 0 atom stereocenters. The molecule has 0 radical (unpaired) electrons. The molecule has 3 N–H and O–H groups in total. The molecule has 3 aromatic rings. The summed E-state index contributed by atoms with van der Waals surface area (Å²) >= 11 is 0. The molecule has 9 nitrogen and oxygen atoms in total. The number of aromatic nitrogens is 4. The number of nitrogen functional groups attached to an aromatic ring is 1. The van der Waals surface area contributed by atoms with Gasteiger partial charge in [-0.3, -0.25) is 10.5 Å². The molecule has 0 fully saturated rings. The Morgan fingerprint density at radius 3 is 2.52 bits per heavy atom. The predicted octanol–water partition coefficient (Wildman–Crippen LogP) is 2.55. The Kier molecular flexibility index (Phi) is 6.92. The molecule has 2 aromatic heterocycles. The lowest BCUT2D eigenvalue weighted by Crippen LogP contribution is -2.42. The zero-order valence-corrected chi connectivity index (χ0v) is 20.5. The fourth-order valence-corrected chi connectivity index (χ4v) is 3.37. The van der Waals surface area contributed by atoms with E-state index in [0.29, 0.717) is 22.8 Å². The van der Waals surface area contributed by atoms with Crippen molar-refractivity contribution in [1.29, 1.82) is 0 Å². The van der Waals surface area contributed by atoms with Crippen molar-refractivity contribution in [2.45, 2.75) is 66.5 Å². The number of ketones is 1. The Morgan fingerprint density at radius 2 is 1.91 bits per heavy atom. The first kappa shape index (κ1) is 24.4. The average Bonchev–Trinajstić information content (AvgIpc) is 3.04. The van der Waals surface area contributed by atoms with Gasteiger partial charge >= 0.3 is 5.95 Å². The van der Waals surface area contributed by atoms with Crippen LogP contribution in [-0.4, -0.2) is 44.9 Å². The minimum absolute atomic E-state index is 0.0381. The second-order valence-electron chi connectivity index (χ2n) is 9.46. The first-order chi connectivity index (χ1) is 15.4. The number of aliphatic hydroxyl groups excluding tert-OH is 1. The molecule has 0 spiro atoms. The molecule has 0 unspecified atom stereocenters. The highest BCUT2D eigenvalue weighted by Crippen LogP contribution is 2.28. The van der Waals surface area contributed by atoms with Crippen molar-refractivity contribution >= 4 is 17.4 Å². The number of ether oxygens (including phenoxy) is 2. The average molecular weight is 457 g/mol. The number of aryl methyl sites for hydroxylation is 1. The number of nitrogens with zero attached hydrogens (tertiary/aromatic N) is 4. The van der Waals surface area contributed by atoms with Crippen molar-refractivity contribution in [1.82, 2.24) is 14.7 Å². The summed E-state index contributed by atoms with van der Waals surface area (Å²) in [6.07, 6.45) is -0.0381. The SMILES string of the molecule is Cc1c(OC(C)C)nn2c(N)[n+](CC(=O)c3cc(OCCO)cc(C(C)(C)C)c3)nc2c1C. The fraction of sp³-hybridized carbons (Fsp3) is 0.500. The largest absolute Gasteiger partial charge is 0.491 e. The number of carbonyl (C=O) groups is 1. The zero-order valence-electron chi connectivity index (χ0n) is 20.5. The summed E-state index contributed by atoms with van der Waals surface area (Å²) in [6.45, 7) is 13.9. The van der Waals surface area contributed by atoms with E-state index in [0.717, 1.165) is 16.7 Å². The van der Waals surface area contributed by atoms with Crippen LogP contribution in [-0.2, 0) is 12.0 Å². The van der Waals surface area contributed by atoms with Crippen LogP contribution >= 0.6 is 0 Å².